The van der Waals surface area contributed by atoms with Crippen molar-refractivity contribution in [1.82, 2.24) is 0 Å². The van der Waals surface area contributed by atoms with E-state index in [1.807, 2.05) is 6.07 Å². The summed E-state index contributed by atoms with van der Waals surface area (Å²) in [5.41, 5.74) is 11.5. The molecule has 112 valence electrons. The highest BCUT2D eigenvalue weighted by atomic mass is 35.5. The van der Waals surface area contributed by atoms with Gasteiger partial charge in [-0.05, 0) is 36.4 Å². The first-order chi connectivity index (χ1) is 9.15. The summed E-state index contributed by atoms with van der Waals surface area (Å²) in [7, 11) is 0. The van der Waals surface area contributed by atoms with Crippen molar-refractivity contribution in [2.75, 3.05) is 0 Å². The number of carbonyl (C=O) groups is 1. The molecular weight excluding hydrogens is 313 g/mol. The third kappa shape index (κ3) is 5.72. The second-order valence-electron chi connectivity index (χ2n) is 3.79. The summed E-state index contributed by atoms with van der Waals surface area (Å²) in [6, 6.07) is 15.4. The first-order valence-electron chi connectivity index (χ1n) is 5.62. The molecule has 0 bridgehead atoms. The summed E-state index contributed by atoms with van der Waals surface area (Å²) in [4.78, 5) is 15.7. The molecule has 2 aromatic rings. The molecule has 0 aliphatic rings. The van der Waals surface area contributed by atoms with Crippen molar-refractivity contribution in [2.45, 2.75) is 0 Å². The predicted molar refractivity (Wildman–Crippen MR) is 87.8 cm³/mol. The van der Waals surface area contributed by atoms with Crippen LogP contribution in [-0.2, 0) is 0 Å². The Morgan fingerprint density at radius 2 is 1.48 bits per heavy atom. The molecule has 2 aromatic carbocycles. The zero-order valence-corrected chi connectivity index (χ0v) is 12.6. The van der Waals surface area contributed by atoms with Gasteiger partial charge in [0, 0.05) is 0 Å². The molecule has 0 saturated heterocycles. The van der Waals surface area contributed by atoms with Crippen molar-refractivity contribution in [3.05, 3.63) is 60.2 Å². The van der Waals surface area contributed by atoms with Crippen LogP contribution in [0.4, 0.5) is 5.69 Å². The van der Waals surface area contributed by atoms with E-state index in [4.69, 9.17) is 16.2 Å². The molecule has 2 rings (SSSR count). The second-order valence-corrected chi connectivity index (χ2v) is 3.79. The Labute approximate surface area is 134 Å². The van der Waals surface area contributed by atoms with Crippen LogP contribution in [0.15, 0.2) is 59.6 Å². The predicted octanol–water partition coefficient (Wildman–Crippen LogP) is 2.65. The van der Waals surface area contributed by atoms with E-state index in [1.165, 1.54) is 0 Å². The van der Waals surface area contributed by atoms with E-state index < -0.39 is 5.97 Å². The molecular formula is C14H15Cl2N3O2. The topological polar surface area (TPSA) is 90.7 Å². The first kappa shape index (κ1) is 18.8. The molecule has 0 unspecified atom stereocenters. The maximum absolute atomic E-state index is 11.8. The minimum Gasteiger partial charge on any atom is -0.423 e. The van der Waals surface area contributed by atoms with Crippen molar-refractivity contribution in [1.29, 1.82) is 0 Å². The number of guanidine groups is 1. The van der Waals surface area contributed by atoms with Crippen molar-refractivity contribution >= 4 is 42.4 Å². The number of hydrogen-bond donors (Lipinski definition) is 2. The van der Waals surface area contributed by atoms with Crippen LogP contribution in [0.1, 0.15) is 10.4 Å². The molecule has 0 radical (unpaired) electrons. The number of hydrogen-bond acceptors (Lipinski definition) is 3. The van der Waals surface area contributed by atoms with Gasteiger partial charge in [-0.1, -0.05) is 18.2 Å². The fraction of sp³-hybridized carbons (Fsp3) is 0. The van der Waals surface area contributed by atoms with Crippen molar-refractivity contribution in [2.24, 2.45) is 16.5 Å². The molecule has 4 N–H and O–H groups in total. The lowest BCUT2D eigenvalue weighted by Crippen LogP contribution is -2.21. The lowest BCUT2D eigenvalue weighted by atomic mass is 10.2. The smallest absolute Gasteiger partial charge is 0.343 e. The Morgan fingerprint density at radius 1 is 0.905 bits per heavy atom. The van der Waals surface area contributed by atoms with Crippen LogP contribution in [0.3, 0.4) is 0 Å². The summed E-state index contributed by atoms with van der Waals surface area (Å²) in [6.45, 7) is 0. The van der Waals surface area contributed by atoms with Gasteiger partial charge in [0.15, 0.2) is 5.96 Å². The number of carbonyl (C=O) groups excluding carboxylic acids is 1. The highest BCUT2D eigenvalue weighted by Crippen LogP contribution is 2.15. The molecule has 0 aliphatic carbocycles. The number of benzene rings is 2. The number of ether oxygens (including phenoxy) is 1. The summed E-state index contributed by atoms with van der Waals surface area (Å²) < 4.78 is 5.20. The summed E-state index contributed by atoms with van der Waals surface area (Å²) in [5, 5.41) is 0. The summed E-state index contributed by atoms with van der Waals surface area (Å²) in [5.74, 6) is 0.0443. The van der Waals surface area contributed by atoms with Crippen LogP contribution < -0.4 is 16.2 Å². The lowest BCUT2D eigenvalue weighted by molar-refractivity contribution is 0.0735. The highest BCUT2D eigenvalue weighted by Gasteiger charge is 2.07. The zero-order chi connectivity index (χ0) is 13.7. The van der Waals surface area contributed by atoms with Gasteiger partial charge in [-0.2, -0.15) is 0 Å². The van der Waals surface area contributed by atoms with Gasteiger partial charge < -0.3 is 16.2 Å². The number of esters is 1. The van der Waals surface area contributed by atoms with Crippen LogP contribution >= 0.6 is 24.8 Å². The maximum atomic E-state index is 11.8. The van der Waals surface area contributed by atoms with Crippen molar-refractivity contribution in [3.63, 3.8) is 0 Å². The van der Waals surface area contributed by atoms with Gasteiger partial charge in [0.1, 0.15) is 5.75 Å². The Bertz CT molecular complexity index is 597. The molecule has 0 aliphatic heterocycles. The summed E-state index contributed by atoms with van der Waals surface area (Å²) in [6.07, 6.45) is 0. The lowest BCUT2D eigenvalue weighted by Gasteiger charge is -2.04. The van der Waals surface area contributed by atoms with Crippen LogP contribution in [0.5, 0.6) is 5.75 Å². The van der Waals surface area contributed by atoms with Crippen LogP contribution in [-0.4, -0.2) is 11.9 Å². The fourth-order valence-corrected chi connectivity index (χ4v) is 1.48. The Morgan fingerprint density at radius 3 is 2.00 bits per heavy atom. The van der Waals surface area contributed by atoms with E-state index in [0.717, 1.165) is 0 Å². The third-order valence-corrected chi connectivity index (χ3v) is 2.31. The summed E-state index contributed by atoms with van der Waals surface area (Å²) >= 11 is 0. The maximum Gasteiger partial charge on any atom is 0.343 e. The average Bonchev–Trinajstić information content (AvgIpc) is 2.40. The van der Waals surface area contributed by atoms with E-state index in [9.17, 15) is 4.79 Å². The first-order valence-corrected chi connectivity index (χ1v) is 5.62. The van der Waals surface area contributed by atoms with Gasteiger partial charge in [0.25, 0.3) is 0 Å². The van der Waals surface area contributed by atoms with Crippen molar-refractivity contribution in [3.8, 4) is 5.75 Å². The van der Waals surface area contributed by atoms with Gasteiger partial charge in [0.2, 0.25) is 0 Å². The normalized spacial score (nSPS) is 8.76. The van der Waals surface area contributed by atoms with E-state index >= 15 is 0 Å². The van der Waals surface area contributed by atoms with Crippen LogP contribution in [0.2, 0.25) is 0 Å². The molecule has 0 fully saturated rings. The number of nitrogens with zero attached hydrogens (tertiary/aromatic N) is 1. The van der Waals surface area contributed by atoms with Crippen LogP contribution in [0.25, 0.3) is 0 Å². The second kappa shape index (κ2) is 8.84. The van der Waals surface area contributed by atoms with Gasteiger partial charge in [0.05, 0.1) is 11.3 Å². The molecule has 7 heteroatoms. The van der Waals surface area contributed by atoms with Crippen LogP contribution in [0, 0.1) is 0 Å². The molecule has 5 nitrogen and oxygen atoms in total. The monoisotopic (exact) mass is 327 g/mol. The van der Waals surface area contributed by atoms with E-state index in [-0.39, 0.29) is 30.8 Å². The zero-order valence-electron chi connectivity index (χ0n) is 10.9. The number of aliphatic imine (C=N–C) groups is 1. The van der Waals surface area contributed by atoms with Crippen molar-refractivity contribution < 1.29 is 9.53 Å². The standard InChI is InChI=1S/C14H13N3O2.2ClH/c15-14(16)17-11-8-6-10(7-9-11)13(18)19-12-4-2-1-3-5-12;;/h1-9H,(H4,15,16,17);2*1H. The Kier molecular flexibility index (Phi) is 7.89. The largest absolute Gasteiger partial charge is 0.423 e. The quantitative estimate of drug-likeness (QED) is 0.392. The highest BCUT2D eigenvalue weighted by molar-refractivity contribution is 5.91. The van der Waals surface area contributed by atoms with Gasteiger partial charge in [-0.15, -0.1) is 24.8 Å². The number of nitrogens with two attached hydrogens (primary N) is 2. The molecule has 0 spiro atoms. The SMILES string of the molecule is Cl.Cl.NC(N)=Nc1ccc(C(=O)Oc2ccccc2)cc1. The molecule has 21 heavy (non-hydrogen) atoms. The Hall–Kier alpha value is -2.24. The molecule has 0 saturated carbocycles. The molecule has 0 aromatic heterocycles. The number of rotatable bonds is 3. The fourth-order valence-electron chi connectivity index (χ4n) is 1.48. The molecule has 0 atom stereocenters. The Balaban J connectivity index is 0.00000200. The number of para-hydroxylation sites is 1. The third-order valence-electron chi connectivity index (χ3n) is 2.31. The van der Waals surface area contributed by atoms with E-state index in [2.05, 4.69) is 4.99 Å². The average molecular weight is 328 g/mol. The molecule has 0 heterocycles. The number of halogens is 2. The van der Waals surface area contributed by atoms with Gasteiger partial charge >= 0.3 is 5.97 Å². The molecule has 0 amide bonds. The van der Waals surface area contributed by atoms with E-state index in [0.29, 0.717) is 17.0 Å². The minimum atomic E-state index is -0.428. The minimum absolute atomic E-state index is 0. The van der Waals surface area contributed by atoms with Gasteiger partial charge in [-0.3, -0.25) is 0 Å². The van der Waals surface area contributed by atoms with E-state index in [1.54, 1.807) is 48.5 Å². The van der Waals surface area contributed by atoms with Gasteiger partial charge in [-0.25, -0.2) is 9.79 Å².